The topological polar surface area (TPSA) is 75.7 Å². The lowest BCUT2D eigenvalue weighted by Crippen LogP contribution is -2.47. The number of unbranched alkanes of at least 4 members (excludes halogenated alkanes) is 1. The molecule has 1 fully saturated rings. The molecular formula is C35H42N2O4. The quantitative estimate of drug-likeness (QED) is 0.213. The van der Waals surface area contributed by atoms with Crippen LogP contribution in [0.4, 0.5) is 0 Å². The van der Waals surface area contributed by atoms with E-state index in [1.54, 1.807) is 4.90 Å². The molecule has 2 atom stereocenters. The minimum absolute atomic E-state index is 0.00783. The van der Waals surface area contributed by atoms with Crippen molar-refractivity contribution in [2.75, 3.05) is 13.7 Å². The van der Waals surface area contributed by atoms with E-state index in [0.29, 0.717) is 38.6 Å². The molecular weight excluding hydrogens is 512 g/mol. The summed E-state index contributed by atoms with van der Waals surface area (Å²) in [7, 11) is 1.44. The van der Waals surface area contributed by atoms with Crippen LogP contribution in [0.2, 0.25) is 0 Å². The molecule has 3 aromatic rings. The van der Waals surface area contributed by atoms with Gasteiger partial charge in [-0.2, -0.15) is 0 Å². The van der Waals surface area contributed by atoms with E-state index in [9.17, 15) is 14.4 Å². The number of nitrogens with one attached hydrogen (secondary N) is 1. The van der Waals surface area contributed by atoms with E-state index < -0.39 is 11.5 Å². The first-order valence-corrected chi connectivity index (χ1v) is 14.7. The van der Waals surface area contributed by atoms with Gasteiger partial charge in [-0.25, -0.2) is 0 Å². The second-order valence-corrected chi connectivity index (χ2v) is 11.2. The third-order valence-electron chi connectivity index (χ3n) is 8.46. The highest BCUT2D eigenvalue weighted by Crippen LogP contribution is 2.39. The molecule has 4 rings (SSSR count). The number of rotatable bonds is 12. The fourth-order valence-electron chi connectivity index (χ4n) is 6.19. The van der Waals surface area contributed by atoms with Crippen molar-refractivity contribution >= 4 is 17.8 Å². The summed E-state index contributed by atoms with van der Waals surface area (Å²) in [6.45, 7) is 4.67. The SMILES string of the molecule is COC(=O)C(CCCCC(=O)N1CCC[C@@H]1C(=O)NC(c1ccccc1)c1ccccc1)(c1ccccc1)C(C)C. The van der Waals surface area contributed by atoms with Crippen LogP contribution >= 0.6 is 0 Å². The number of nitrogens with zero attached hydrogens (tertiary/aromatic N) is 1. The van der Waals surface area contributed by atoms with E-state index in [1.807, 2.05) is 105 Å². The number of esters is 1. The Morgan fingerprint density at radius 1 is 0.878 bits per heavy atom. The van der Waals surface area contributed by atoms with Gasteiger partial charge in [0.25, 0.3) is 0 Å². The average molecular weight is 555 g/mol. The summed E-state index contributed by atoms with van der Waals surface area (Å²) in [5, 5.41) is 3.23. The monoisotopic (exact) mass is 554 g/mol. The zero-order chi connectivity index (χ0) is 29.2. The number of benzene rings is 3. The molecule has 1 saturated heterocycles. The largest absolute Gasteiger partial charge is 0.468 e. The van der Waals surface area contributed by atoms with Gasteiger partial charge in [0.2, 0.25) is 11.8 Å². The Balaban J connectivity index is 1.40. The zero-order valence-electron chi connectivity index (χ0n) is 24.4. The van der Waals surface area contributed by atoms with E-state index in [-0.39, 0.29) is 29.7 Å². The first kappa shape index (κ1) is 30.0. The molecule has 216 valence electrons. The molecule has 0 aliphatic carbocycles. The van der Waals surface area contributed by atoms with E-state index in [0.717, 1.165) is 23.1 Å². The number of amides is 2. The van der Waals surface area contributed by atoms with Crippen LogP contribution in [-0.2, 0) is 24.5 Å². The van der Waals surface area contributed by atoms with E-state index in [4.69, 9.17) is 4.74 Å². The Kier molecular flexibility index (Phi) is 10.3. The van der Waals surface area contributed by atoms with Crippen molar-refractivity contribution < 1.29 is 19.1 Å². The standard InChI is InChI=1S/C35H42N2O4/c1-26(2)35(34(40)41-3,29-20-11-6-12-21-29)24-14-13-23-31(38)37-25-15-22-30(37)33(39)36-32(27-16-7-4-8-17-27)28-18-9-5-10-19-28/h4-12,16-21,26,30,32H,13-15,22-25H2,1-3H3,(H,36,39)/t30-,35?/m1/s1. The van der Waals surface area contributed by atoms with Gasteiger partial charge in [0.05, 0.1) is 18.6 Å². The lowest BCUT2D eigenvalue weighted by molar-refractivity contribution is -0.150. The van der Waals surface area contributed by atoms with Gasteiger partial charge in [-0.15, -0.1) is 0 Å². The number of carbonyl (C=O) groups is 3. The van der Waals surface area contributed by atoms with Crippen LogP contribution in [0.25, 0.3) is 0 Å². The first-order valence-electron chi connectivity index (χ1n) is 14.7. The number of ether oxygens (including phenoxy) is 1. The van der Waals surface area contributed by atoms with Gasteiger partial charge in [-0.1, -0.05) is 111 Å². The molecule has 1 aliphatic rings. The van der Waals surface area contributed by atoms with Crippen molar-refractivity contribution in [1.82, 2.24) is 10.2 Å². The number of carbonyl (C=O) groups excluding carboxylic acids is 3. The lowest BCUT2D eigenvalue weighted by atomic mass is 9.68. The van der Waals surface area contributed by atoms with Gasteiger partial charge in [0, 0.05) is 13.0 Å². The Morgan fingerprint density at radius 2 is 1.44 bits per heavy atom. The highest BCUT2D eigenvalue weighted by molar-refractivity contribution is 5.88. The van der Waals surface area contributed by atoms with Gasteiger partial charge < -0.3 is 15.0 Å². The smallest absolute Gasteiger partial charge is 0.316 e. The van der Waals surface area contributed by atoms with Crippen LogP contribution in [0.3, 0.4) is 0 Å². The maximum absolute atomic E-state index is 13.6. The van der Waals surface area contributed by atoms with Crippen LogP contribution in [0.15, 0.2) is 91.0 Å². The predicted octanol–water partition coefficient (Wildman–Crippen LogP) is 6.21. The summed E-state index contributed by atoms with van der Waals surface area (Å²) in [6, 6.07) is 28.8. The molecule has 1 aliphatic heterocycles. The molecule has 0 spiro atoms. The molecule has 6 heteroatoms. The summed E-state index contributed by atoms with van der Waals surface area (Å²) in [5.74, 6) is -0.344. The maximum Gasteiger partial charge on any atom is 0.316 e. The molecule has 1 N–H and O–H groups in total. The third kappa shape index (κ3) is 6.87. The second-order valence-electron chi connectivity index (χ2n) is 11.2. The molecule has 3 aromatic carbocycles. The molecule has 0 saturated carbocycles. The van der Waals surface area contributed by atoms with Crippen LogP contribution in [0.1, 0.15) is 75.1 Å². The Morgan fingerprint density at radius 3 is 1.98 bits per heavy atom. The van der Waals surface area contributed by atoms with E-state index >= 15 is 0 Å². The van der Waals surface area contributed by atoms with Gasteiger partial charge in [-0.3, -0.25) is 14.4 Å². The molecule has 0 aromatic heterocycles. The van der Waals surface area contributed by atoms with Gasteiger partial charge in [0.15, 0.2) is 0 Å². The molecule has 6 nitrogen and oxygen atoms in total. The van der Waals surface area contributed by atoms with Crippen molar-refractivity contribution in [3.8, 4) is 0 Å². The number of likely N-dealkylation sites (tertiary alicyclic amines) is 1. The highest BCUT2D eigenvalue weighted by atomic mass is 16.5. The number of hydrogen-bond donors (Lipinski definition) is 1. The first-order chi connectivity index (χ1) is 19.9. The van der Waals surface area contributed by atoms with Crippen LogP contribution in [0, 0.1) is 5.92 Å². The summed E-state index contributed by atoms with van der Waals surface area (Å²) >= 11 is 0. The Bertz CT molecular complexity index is 1240. The van der Waals surface area contributed by atoms with Gasteiger partial charge >= 0.3 is 5.97 Å². The van der Waals surface area contributed by atoms with E-state index in [1.165, 1.54) is 7.11 Å². The summed E-state index contributed by atoms with van der Waals surface area (Å²) in [6.07, 6.45) is 3.73. The summed E-state index contributed by atoms with van der Waals surface area (Å²) < 4.78 is 5.27. The van der Waals surface area contributed by atoms with Crippen LogP contribution < -0.4 is 5.32 Å². The fourth-order valence-corrected chi connectivity index (χ4v) is 6.19. The Hall–Kier alpha value is -3.93. The number of methoxy groups -OCH3 is 1. The normalized spacial score (nSPS) is 16.4. The molecule has 1 heterocycles. The van der Waals surface area contributed by atoms with E-state index in [2.05, 4.69) is 5.32 Å². The van der Waals surface area contributed by atoms with Crippen molar-refractivity contribution in [2.45, 2.75) is 69.9 Å². The fraction of sp³-hybridized carbons (Fsp3) is 0.400. The van der Waals surface area contributed by atoms with Crippen LogP contribution in [-0.4, -0.2) is 42.4 Å². The number of hydrogen-bond acceptors (Lipinski definition) is 4. The molecule has 2 amide bonds. The summed E-state index contributed by atoms with van der Waals surface area (Å²) in [5.41, 5.74) is 2.18. The molecule has 41 heavy (non-hydrogen) atoms. The van der Waals surface area contributed by atoms with Crippen molar-refractivity contribution in [1.29, 1.82) is 0 Å². The van der Waals surface area contributed by atoms with Crippen molar-refractivity contribution in [2.24, 2.45) is 5.92 Å². The minimum atomic E-state index is -0.765. The molecule has 0 bridgehead atoms. The van der Waals surface area contributed by atoms with Gasteiger partial charge in [-0.05, 0) is 48.3 Å². The average Bonchev–Trinajstić information content (AvgIpc) is 3.51. The maximum atomic E-state index is 13.6. The predicted molar refractivity (Wildman–Crippen MR) is 161 cm³/mol. The zero-order valence-corrected chi connectivity index (χ0v) is 24.4. The second kappa shape index (κ2) is 14.1. The lowest BCUT2D eigenvalue weighted by Gasteiger charge is -2.35. The molecule has 0 radical (unpaired) electrons. The third-order valence-corrected chi connectivity index (χ3v) is 8.46. The van der Waals surface area contributed by atoms with Gasteiger partial charge in [0.1, 0.15) is 6.04 Å². The van der Waals surface area contributed by atoms with Crippen LogP contribution in [0.5, 0.6) is 0 Å². The minimum Gasteiger partial charge on any atom is -0.468 e. The Labute approximate surface area is 244 Å². The van der Waals surface area contributed by atoms with Crippen molar-refractivity contribution in [3.05, 3.63) is 108 Å². The highest BCUT2D eigenvalue weighted by Gasteiger charge is 2.44. The summed E-state index contributed by atoms with van der Waals surface area (Å²) in [4.78, 5) is 41.7. The van der Waals surface area contributed by atoms with Crippen molar-refractivity contribution in [3.63, 3.8) is 0 Å². The molecule has 1 unspecified atom stereocenters.